The van der Waals surface area contributed by atoms with E-state index >= 15 is 0 Å². The molecule has 4 heteroatoms. The summed E-state index contributed by atoms with van der Waals surface area (Å²) in [5, 5.41) is 12.6. The third-order valence-electron chi connectivity index (χ3n) is 2.17. The van der Waals surface area contributed by atoms with Crippen LogP contribution in [0, 0.1) is 5.82 Å². The van der Waals surface area contributed by atoms with Gasteiger partial charge in [-0.15, -0.1) is 0 Å². The quantitative estimate of drug-likeness (QED) is 0.816. The van der Waals surface area contributed by atoms with Crippen LogP contribution >= 0.6 is 11.6 Å². The van der Waals surface area contributed by atoms with E-state index < -0.39 is 6.04 Å². The Kier molecular flexibility index (Phi) is 5.02. The van der Waals surface area contributed by atoms with Crippen molar-refractivity contribution in [3.05, 3.63) is 34.6 Å². The Bertz CT molecular complexity index is 299. The van der Waals surface area contributed by atoms with E-state index in [2.05, 4.69) is 5.32 Å². The maximum absolute atomic E-state index is 13.5. The van der Waals surface area contributed by atoms with Gasteiger partial charge in [-0.3, -0.25) is 0 Å². The van der Waals surface area contributed by atoms with Gasteiger partial charge >= 0.3 is 0 Å². The maximum Gasteiger partial charge on any atom is 0.129 e. The molecule has 0 amide bonds. The van der Waals surface area contributed by atoms with Gasteiger partial charge < -0.3 is 10.4 Å². The zero-order valence-electron chi connectivity index (χ0n) is 8.63. The Labute approximate surface area is 94.1 Å². The van der Waals surface area contributed by atoms with Crippen molar-refractivity contribution < 1.29 is 9.50 Å². The Morgan fingerprint density at radius 2 is 2.27 bits per heavy atom. The van der Waals surface area contributed by atoms with Crippen molar-refractivity contribution in [2.75, 3.05) is 13.2 Å². The number of rotatable bonds is 5. The molecule has 0 bridgehead atoms. The lowest BCUT2D eigenvalue weighted by atomic mass is 10.1. The Morgan fingerprint density at radius 1 is 1.53 bits per heavy atom. The topological polar surface area (TPSA) is 32.3 Å². The first-order valence-electron chi connectivity index (χ1n) is 4.98. The fourth-order valence-corrected chi connectivity index (χ4v) is 1.71. The minimum Gasteiger partial charge on any atom is -0.394 e. The first-order chi connectivity index (χ1) is 7.20. The molecule has 1 aromatic rings. The van der Waals surface area contributed by atoms with Crippen LogP contribution in [0.1, 0.15) is 24.9 Å². The standard InChI is InChI=1S/C11H15ClFNO/c1-2-6-14-10(7-15)11-8(12)4-3-5-9(11)13/h3-5,10,14-15H,2,6-7H2,1H3. The molecular weight excluding hydrogens is 217 g/mol. The normalized spacial score (nSPS) is 12.8. The minimum absolute atomic E-state index is 0.166. The van der Waals surface area contributed by atoms with Gasteiger partial charge in [0.25, 0.3) is 0 Å². The van der Waals surface area contributed by atoms with Crippen LogP contribution in [0.15, 0.2) is 18.2 Å². The van der Waals surface area contributed by atoms with Gasteiger partial charge in [0.05, 0.1) is 12.6 Å². The molecule has 0 saturated heterocycles. The summed E-state index contributed by atoms with van der Waals surface area (Å²) in [6.07, 6.45) is 0.919. The summed E-state index contributed by atoms with van der Waals surface area (Å²) in [6.45, 7) is 2.56. The molecule has 0 aromatic heterocycles. The van der Waals surface area contributed by atoms with Gasteiger partial charge in [-0.2, -0.15) is 0 Å². The zero-order valence-corrected chi connectivity index (χ0v) is 9.39. The molecular formula is C11H15ClFNO. The molecule has 1 aromatic carbocycles. The number of aliphatic hydroxyl groups excluding tert-OH is 1. The molecule has 2 nitrogen and oxygen atoms in total. The fourth-order valence-electron chi connectivity index (χ4n) is 1.42. The highest BCUT2D eigenvalue weighted by Crippen LogP contribution is 2.25. The van der Waals surface area contributed by atoms with E-state index in [1.54, 1.807) is 12.1 Å². The number of nitrogens with one attached hydrogen (secondary N) is 1. The van der Waals surface area contributed by atoms with Crippen LogP contribution in [-0.2, 0) is 0 Å². The second-order valence-corrected chi connectivity index (χ2v) is 3.73. The van der Waals surface area contributed by atoms with Crippen LogP contribution in [0.4, 0.5) is 4.39 Å². The smallest absolute Gasteiger partial charge is 0.129 e. The Morgan fingerprint density at radius 3 is 2.80 bits per heavy atom. The lowest BCUT2D eigenvalue weighted by molar-refractivity contribution is 0.242. The fraction of sp³-hybridized carbons (Fsp3) is 0.455. The van der Waals surface area contributed by atoms with E-state index in [9.17, 15) is 4.39 Å². The first-order valence-corrected chi connectivity index (χ1v) is 5.36. The van der Waals surface area contributed by atoms with Crippen LogP contribution in [0.25, 0.3) is 0 Å². The number of aliphatic hydroxyl groups is 1. The molecule has 84 valence electrons. The second-order valence-electron chi connectivity index (χ2n) is 3.32. The van der Waals surface area contributed by atoms with Crippen LogP contribution in [0.3, 0.4) is 0 Å². The van der Waals surface area contributed by atoms with E-state index in [1.807, 2.05) is 6.92 Å². The number of hydrogen-bond acceptors (Lipinski definition) is 2. The number of halogens is 2. The third-order valence-corrected chi connectivity index (χ3v) is 2.50. The molecule has 0 spiro atoms. The van der Waals surface area contributed by atoms with E-state index in [4.69, 9.17) is 16.7 Å². The molecule has 1 unspecified atom stereocenters. The summed E-state index contributed by atoms with van der Waals surface area (Å²) in [5.74, 6) is -0.384. The van der Waals surface area contributed by atoms with Crippen LogP contribution < -0.4 is 5.32 Å². The molecule has 0 aliphatic carbocycles. The summed E-state index contributed by atoms with van der Waals surface area (Å²) in [6, 6.07) is 4.09. The average molecular weight is 232 g/mol. The molecule has 0 fully saturated rings. The van der Waals surface area contributed by atoms with Gasteiger partial charge in [0.1, 0.15) is 5.82 Å². The molecule has 0 heterocycles. The predicted octanol–water partition coefficient (Wildman–Crippen LogP) is 2.51. The summed E-state index contributed by atoms with van der Waals surface area (Å²) >= 11 is 5.89. The van der Waals surface area contributed by atoms with Crippen LogP contribution in [0.5, 0.6) is 0 Å². The zero-order chi connectivity index (χ0) is 11.3. The monoisotopic (exact) mass is 231 g/mol. The first kappa shape index (κ1) is 12.4. The minimum atomic E-state index is -0.432. The molecule has 0 aliphatic rings. The van der Waals surface area contributed by atoms with Crippen molar-refractivity contribution in [3.8, 4) is 0 Å². The Hall–Kier alpha value is -0.640. The van der Waals surface area contributed by atoms with Crippen LogP contribution in [0.2, 0.25) is 5.02 Å². The maximum atomic E-state index is 13.5. The van der Waals surface area contributed by atoms with Gasteiger partial charge in [0.2, 0.25) is 0 Å². The summed E-state index contributed by atoms with van der Waals surface area (Å²) < 4.78 is 13.5. The van der Waals surface area contributed by atoms with Gasteiger partial charge in [-0.1, -0.05) is 24.6 Å². The highest BCUT2D eigenvalue weighted by Gasteiger charge is 2.17. The highest BCUT2D eigenvalue weighted by atomic mass is 35.5. The molecule has 1 atom stereocenters. The largest absolute Gasteiger partial charge is 0.394 e. The highest BCUT2D eigenvalue weighted by molar-refractivity contribution is 6.31. The van der Waals surface area contributed by atoms with Crippen molar-refractivity contribution in [2.24, 2.45) is 0 Å². The van der Waals surface area contributed by atoms with E-state index in [1.165, 1.54) is 6.07 Å². The summed E-state index contributed by atoms with van der Waals surface area (Å²) in [7, 11) is 0. The SMILES string of the molecule is CCCNC(CO)c1c(F)cccc1Cl. The van der Waals surface area contributed by atoms with Crippen molar-refractivity contribution in [3.63, 3.8) is 0 Å². The van der Waals surface area contributed by atoms with Crippen LogP contribution in [-0.4, -0.2) is 18.3 Å². The summed E-state index contributed by atoms with van der Waals surface area (Å²) in [5.41, 5.74) is 0.343. The van der Waals surface area contributed by atoms with E-state index in [0.29, 0.717) is 10.6 Å². The second kappa shape index (κ2) is 6.05. The van der Waals surface area contributed by atoms with Gasteiger partial charge in [-0.25, -0.2) is 4.39 Å². The van der Waals surface area contributed by atoms with Crippen molar-refractivity contribution in [1.29, 1.82) is 0 Å². The molecule has 1 rings (SSSR count). The summed E-state index contributed by atoms with van der Waals surface area (Å²) in [4.78, 5) is 0. The molecule has 0 radical (unpaired) electrons. The third kappa shape index (κ3) is 3.16. The van der Waals surface area contributed by atoms with Crippen molar-refractivity contribution in [2.45, 2.75) is 19.4 Å². The molecule has 2 N–H and O–H groups in total. The van der Waals surface area contributed by atoms with Gasteiger partial charge in [0, 0.05) is 10.6 Å². The number of benzene rings is 1. The van der Waals surface area contributed by atoms with Gasteiger partial charge in [0.15, 0.2) is 0 Å². The van der Waals surface area contributed by atoms with E-state index in [0.717, 1.165) is 13.0 Å². The van der Waals surface area contributed by atoms with E-state index in [-0.39, 0.29) is 12.4 Å². The molecule has 15 heavy (non-hydrogen) atoms. The van der Waals surface area contributed by atoms with Crippen molar-refractivity contribution in [1.82, 2.24) is 5.32 Å². The van der Waals surface area contributed by atoms with Crippen molar-refractivity contribution >= 4 is 11.6 Å². The number of hydrogen-bond donors (Lipinski definition) is 2. The predicted molar refractivity (Wildman–Crippen MR) is 59.5 cm³/mol. The lowest BCUT2D eigenvalue weighted by Crippen LogP contribution is -2.26. The Balaban J connectivity index is 2.90. The van der Waals surface area contributed by atoms with Gasteiger partial charge in [-0.05, 0) is 25.1 Å². The average Bonchev–Trinajstić information content (AvgIpc) is 2.22. The lowest BCUT2D eigenvalue weighted by Gasteiger charge is -2.18. The molecule has 0 saturated carbocycles. The molecule has 0 aliphatic heterocycles.